The third-order valence-corrected chi connectivity index (χ3v) is 2.47. The normalized spacial score (nSPS) is 10.1. The molecule has 0 unspecified atom stereocenters. The molecule has 2 rings (SSSR count). The van der Waals surface area contributed by atoms with Gasteiger partial charge >= 0.3 is 0 Å². The van der Waals surface area contributed by atoms with Crippen LogP contribution >= 0.6 is 0 Å². The van der Waals surface area contributed by atoms with Crippen LogP contribution in [-0.4, -0.2) is 21.2 Å². The van der Waals surface area contributed by atoms with Gasteiger partial charge in [-0.2, -0.15) is 5.10 Å². The van der Waals surface area contributed by atoms with Crippen LogP contribution in [0.2, 0.25) is 0 Å². The number of phenols is 1. The second-order valence-electron chi connectivity index (χ2n) is 3.71. The van der Waals surface area contributed by atoms with Crippen LogP contribution in [0.3, 0.4) is 0 Å². The smallest absolute Gasteiger partial charge is 0.276 e. The summed E-state index contributed by atoms with van der Waals surface area (Å²) in [5, 5.41) is 17.9. The van der Waals surface area contributed by atoms with Crippen molar-refractivity contribution in [1.82, 2.24) is 10.2 Å². The van der Waals surface area contributed by atoms with Gasteiger partial charge in [-0.05, 0) is 25.1 Å². The third kappa shape index (κ3) is 2.37. The Labute approximate surface area is 102 Å². The number of H-pyrrole nitrogens is 1. The highest BCUT2D eigenvalue weighted by Crippen LogP contribution is 2.23. The summed E-state index contributed by atoms with van der Waals surface area (Å²) in [7, 11) is 0. The second-order valence-corrected chi connectivity index (χ2v) is 3.71. The molecular formula is C12H11N3O3. The van der Waals surface area contributed by atoms with Crippen LogP contribution in [0, 0.1) is 6.92 Å². The van der Waals surface area contributed by atoms with Gasteiger partial charge in [-0.25, -0.2) is 5.10 Å². The first-order valence-corrected chi connectivity index (χ1v) is 5.23. The van der Waals surface area contributed by atoms with E-state index in [0.717, 1.165) is 0 Å². The molecule has 0 fully saturated rings. The summed E-state index contributed by atoms with van der Waals surface area (Å²) in [6.07, 6.45) is 0. The molecule has 6 nitrogen and oxygen atoms in total. The Hall–Kier alpha value is -2.63. The second kappa shape index (κ2) is 4.70. The molecule has 0 bridgehead atoms. The fourth-order valence-corrected chi connectivity index (χ4v) is 1.42. The number of amides is 1. The molecule has 1 amide bonds. The number of hydrogen-bond acceptors (Lipinski definition) is 4. The lowest BCUT2D eigenvalue weighted by Crippen LogP contribution is -2.17. The molecule has 0 saturated heterocycles. The number of phenolic OH excluding ortho intramolecular Hbond substituents is 1. The molecule has 92 valence electrons. The van der Waals surface area contributed by atoms with Crippen molar-refractivity contribution in [3.05, 3.63) is 51.9 Å². The van der Waals surface area contributed by atoms with Crippen LogP contribution in [0.4, 0.5) is 5.69 Å². The minimum Gasteiger partial charge on any atom is -0.508 e. The number of aromatic hydroxyl groups is 1. The zero-order valence-corrected chi connectivity index (χ0v) is 9.60. The van der Waals surface area contributed by atoms with Gasteiger partial charge in [-0.3, -0.25) is 9.59 Å². The summed E-state index contributed by atoms with van der Waals surface area (Å²) >= 11 is 0. The number of nitrogens with zero attached hydrogens (tertiary/aromatic N) is 1. The number of nitrogens with one attached hydrogen (secondary N) is 2. The van der Waals surface area contributed by atoms with E-state index in [9.17, 15) is 14.7 Å². The summed E-state index contributed by atoms with van der Waals surface area (Å²) < 4.78 is 0. The Morgan fingerprint density at radius 3 is 2.78 bits per heavy atom. The fourth-order valence-electron chi connectivity index (χ4n) is 1.42. The number of rotatable bonds is 2. The quantitative estimate of drug-likeness (QED) is 0.736. The van der Waals surface area contributed by atoms with E-state index in [1.807, 2.05) is 0 Å². The average Bonchev–Trinajstić information content (AvgIpc) is 2.36. The van der Waals surface area contributed by atoms with Gasteiger partial charge in [0.2, 0.25) is 0 Å². The van der Waals surface area contributed by atoms with E-state index in [2.05, 4.69) is 15.5 Å². The van der Waals surface area contributed by atoms with Crippen LogP contribution in [-0.2, 0) is 0 Å². The maximum atomic E-state index is 11.8. The zero-order chi connectivity index (χ0) is 13.1. The molecule has 1 aromatic carbocycles. The molecule has 2 aromatic rings. The Bertz CT molecular complexity index is 629. The van der Waals surface area contributed by atoms with Gasteiger partial charge in [0.15, 0.2) is 0 Å². The number of aromatic nitrogens is 2. The van der Waals surface area contributed by atoms with Crippen molar-refractivity contribution < 1.29 is 9.90 Å². The molecule has 0 aliphatic carbocycles. The third-order valence-electron chi connectivity index (χ3n) is 2.47. The van der Waals surface area contributed by atoms with E-state index in [4.69, 9.17) is 0 Å². The highest BCUT2D eigenvalue weighted by atomic mass is 16.3. The van der Waals surface area contributed by atoms with Crippen molar-refractivity contribution in [3.8, 4) is 5.75 Å². The number of aromatic amines is 1. The zero-order valence-electron chi connectivity index (χ0n) is 9.60. The minimum atomic E-state index is -0.458. The van der Waals surface area contributed by atoms with E-state index in [1.165, 1.54) is 18.2 Å². The summed E-state index contributed by atoms with van der Waals surface area (Å²) in [5.74, 6) is -0.359. The predicted octanol–water partition coefficient (Wildman–Crippen LogP) is 1.04. The average molecular weight is 245 g/mol. The first-order valence-electron chi connectivity index (χ1n) is 5.23. The number of carbonyl (C=O) groups is 1. The van der Waals surface area contributed by atoms with Crippen molar-refractivity contribution in [3.63, 3.8) is 0 Å². The standard InChI is InChI=1S/C12H11N3O3/c1-7-8(3-2-4-10(7)16)13-12(18)9-5-6-11(17)15-14-9/h2-6,16H,1H3,(H,13,18)(H,15,17). The van der Waals surface area contributed by atoms with Crippen LogP contribution in [0.1, 0.15) is 16.1 Å². The van der Waals surface area contributed by atoms with Gasteiger partial charge in [0.05, 0.1) is 0 Å². The fraction of sp³-hybridized carbons (Fsp3) is 0.0833. The first-order chi connectivity index (χ1) is 8.58. The topological polar surface area (TPSA) is 95.1 Å². The Morgan fingerprint density at radius 1 is 1.33 bits per heavy atom. The molecule has 0 atom stereocenters. The Balaban J connectivity index is 2.24. The van der Waals surface area contributed by atoms with E-state index in [0.29, 0.717) is 11.3 Å². The molecule has 6 heteroatoms. The molecular weight excluding hydrogens is 234 g/mol. The van der Waals surface area contributed by atoms with Crippen molar-refractivity contribution in [2.45, 2.75) is 6.92 Å². The van der Waals surface area contributed by atoms with E-state index in [-0.39, 0.29) is 17.0 Å². The van der Waals surface area contributed by atoms with E-state index in [1.54, 1.807) is 19.1 Å². The molecule has 0 spiro atoms. The first kappa shape index (κ1) is 11.8. The van der Waals surface area contributed by atoms with E-state index >= 15 is 0 Å². The van der Waals surface area contributed by atoms with Gasteiger partial charge in [-0.15, -0.1) is 0 Å². The molecule has 0 aliphatic heterocycles. The highest BCUT2D eigenvalue weighted by molar-refractivity contribution is 6.03. The van der Waals surface area contributed by atoms with Crippen molar-refractivity contribution in [2.24, 2.45) is 0 Å². The molecule has 18 heavy (non-hydrogen) atoms. The largest absolute Gasteiger partial charge is 0.508 e. The van der Waals surface area contributed by atoms with Crippen molar-refractivity contribution in [2.75, 3.05) is 5.32 Å². The maximum absolute atomic E-state index is 11.8. The lowest BCUT2D eigenvalue weighted by molar-refractivity contribution is 0.102. The summed E-state index contributed by atoms with van der Waals surface area (Å²) in [6, 6.07) is 7.36. The summed E-state index contributed by atoms with van der Waals surface area (Å²) in [5.41, 5.74) is 0.778. The predicted molar refractivity (Wildman–Crippen MR) is 65.7 cm³/mol. The Kier molecular flexibility index (Phi) is 3.09. The molecule has 3 N–H and O–H groups in total. The molecule has 0 saturated carbocycles. The van der Waals surface area contributed by atoms with Crippen molar-refractivity contribution >= 4 is 11.6 Å². The van der Waals surface area contributed by atoms with Gasteiger partial charge in [0.25, 0.3) is 11.5 Å². The van der Waals surface area contributed by atoms with Crippen LogP contribution in [0.15, 0.2) is 35.1 Å². The summed E-state index contributed by atoms with van der Waals surface area (Å²) in [6.45, 7) is 1.69. The lowest BCUT2D eigenvalue weighted by Gasteiger charge is -2.08. The van der Waals surface area contributed by atoms with Gasteiger partial charge in [0, 0.05) is 17.3 Å². The number of benzene rings is 1. The SMILES string of the molecule is Cc1c(O)cccc1NC(=O)c1ccc(=O)[nH]n1. The Morgan fingerprint density at radius 2 is 2.11 bits per heavy atom. The minimum absolute atomic E-state index is 0.0948. The number of hydrogen-bond donors (Lipinski definition) is 3. The van der Waals surface area contributed by atoms with Crippen LogP contribution in [0.5, 0.6) is 5.75 Å². The van der Waals surface area contributed by atoms with E-state index < -0.39 is 5.91 Å². The summed E-state index contributed by atoms with van der Waals surface area (Å²) in [4.78, 5) is 22.6. The van der Waals surface area contributed by atoms with Gasteiger partial charge < -0.3 is 10.4 Å². The van der Waals surface area contributed by atoms with Gasteiger partial charge in [-0.1, -0.05) is 6.07 Å². The van der Waals surface area contributed by atoms with Crippen molar-refractivity contribution in [1.29, 1.82) is 0 Å². The molecule has 0 radical (unpaired) electrons. The van der Waals surface area contributed by atoms with Crippen LogP contribution in [0.25, 0.3) is 0 Å². The van der Waals surface area contributed by atoms with Crippen LogP contribution < -0.4 is 10.9 Å². The highest BCUT2D eigenvalue weighted by Gasteiger charge is 2.10. The molecule has 0 aliphatic rings. The van der Waals surface area contributed by atoms with Gasteiger partial charge in [0.1, 0.15) is 11.4 Å². The lowest BCUT2D eigenvalue weighted by atomic mass is 10.2. The molecule has 1 heterocycles. The maximum Gasteiger partial charge on any atom is 0.276 e. The number of anilines is 1. The monoisotopic (exact) mass is 245 g/mol. The number of carbonyl (C=O) groups excluding carboxylic acids is 1. The molecule has 1 aromatic heterocycles.